The summed E-state index contributed by atoms with van der Waals surface area (Å²) >= 11 is 0. The molecule has 1 aliphatic rings. The van der Waals surface area contributed by atoms with Crippen molar-refractivity contribution in [1.29, 1.82) is 0 Å². The van der Waals surface area contributed by atoms with Gasteiger partial charge in [-0.15, -0.1) is 0 Å². The lowest BCUT2D eigenvalue weighted by Gasteiger charge is -2.27. The van der Waals surface area contributed by atoms with E-state index in [-0.39, 0.29) is 18.1 Å². The van der Waals surface area contributed by atoms with E-state index in [1.54, 1.807) is 0 Å². The highest BCUT2D eigenvalue weighted by Gasteiger charge is 2.34. The van der Waals surface area contributed by atoms with E-state index in [1.807, 2.05) is 37.3 Å². The first kappa shape index (κ1) is 19.6. The van der Waals surface area contributed by atoms with Crippen LogP contribution in [-0.2, 0) is 26.0 Å². The molecular formula is C18H26N2O4S. The number of unbranched alkanes of at least 4 members (excludes halogenated alkanes) is 1. The lowest BCUT2D eigenvalue weighted by molar-refractivity contribution is -0.136. The van der Waals surface area contributed by atoms with Crippen LogP contribution in [-0.4, -0.2) is 49.9 Å². The second kappa shape index (κ2) is 9.10. The standard InChI is InChI=1S/C18H26N2O4S/c1-2-3-12-25(23,24)19-17(13-15-8-5-4-6-9-15)18(22)20-11-7-10-16(20)14-21/h4-6,8-9,14,16-17,19H,2-3,7,10-13H2,1H3/t16-,17+/m0/s1. The molecule has 1 aliphatic heterocycles. The summed E-state index contributed by atoms with van der Waals surface area (Å²) in [5, 5.41) is 0. The van der Waals surface area contributed by atoms with Gasteiger partial charge in [0.05, 0.1) is 11.8 Å². The fourth-order valence-electron chi connectivity index (χ4n) is 3.05. The first-order valence-corrected chi connectivity index (χ1v) is 10.4. The predicted octanol–water partition coefficient (Wildman–Crippen LogP) is 1.51. The van der Waals surface area contributed by atoms with Crippen LogP contribution in [0.5, 0.6) is 0 Å². The van der Waals surface area contributed by atoms with Crippen molar-refractivity contribution in [2.24, 2.45) is 0 Å². The maximum absolute atomic E-state index is 12.9. The second-order valence-corrected chi connectivity index (χ2v) is 8.28. The summed E-state index contributed by atoms with van der Waals surface area (Å²) in [6.45, 7) is 2.41. The minimum absolute atomic E-state index is 0.000815. The molecule has 2 atom stereocenters. The van der Waals surface area contributed by atoms with Crippen LogP contribution in [0.3, 0.4) is 0 Å². The topological polar surface area (TPSA) is 83.6 Å². The van der Waals surface area contributed by atoms with Crippen molar-refractivity contribution in [1.82, 2.24) is 9.62 Å². The number of hydrogen-bond donors (Lipinski definition) is 1. The van der Waals surface area contributed by atoms with E-state index in [0.717, 1.165) is 24.7 Å². The van der Waals surface area contributed by atoms with Crippen LogP contribution in [0.1, 0.15) is 38.2 Å². The van der Waals surface area contributed by atoms with E-state index in [1.165, 1.54) is 4.90 Å². The van der Waals surface area contributed by atoms with Crippen molar-refractivity contribution in [2.75, 3.05) is 12.3 Å². The molecule has 1 N–H and O–H groups in total. The first-order valence-electron chi connectivity index (χ1n) is 8.76. The Hall–Kier alpha value is -1.73. The predicted molar refractivity (Wildman–Crippen MR) is 96.6 cm³/mol. The fourth-order valence-corrected chi connectivity index (χ4v) is 4.45. The average Bonchev–Trinajstić information content (AvgIpc) is 3.08. The van der Waals surface area contributed by atoms with Crippen LogP contribution in [0.25, 0.3) is 0 Å². The third-order valence-electron chi connectivity index (χ3n) is 4.41. The first-order chi connectivity index (χ1) is 12.0. The Morgan fingerprint density at radius 1 is 1.36 bits per heavy atom. The smallest absolute Gasteiger partial charge is 0.241 e. The molecule has 1 aromatic carbocycles. The SMILES string of the molecule is CCCCS(=O)(=O)N[C@H](Cc1ccccc1)C(=O)N1CCC[C@H]1C=O. The van der Waals surface area contributed by atoms with Crippen LogP contribution >= 0.6 is 0 Å². The molecule has 0 spiro atoms. The number of nitrogens with zero attached hydrogens (tertiary/aromatic N) is 1. The Kier molecular flexibility index (Phi) is 7.13. The number of amides is 1. The maximum atomic E-state index is 12.9. The van der Waals surface area contributed by atoms with Crippen LogP contribution < -0.4 is 4.72 Å². The maximum Gasteiger partial charge on any atom is 0.241 e. The number of carbonyl (C=O) groups excluding carboxylic acids is 2. The summed E-state index contributed by atoms with van der Waals surface area (Å²) in [4.78, 5) is 25.6. The molecule has 6 nitrogen and oxygen atoms in total. The van der Waals surface area contributed by atoms with Crippen LogP contribution in [0, 0.1) is 0 Å². The largest absolute Gasteiger partial charge is 0.332 e. The van der Waals surface area contributed by atoms with Gasteiger partial charge in [-0.25, -0.2) is 13.1 Å². The van der Waals surface area contributed by atoms with Crippen LogP contribution in [0.15, 0.2) is 30.3 Å². The normalized spacial score (nSPS) is 18.9. The van der Waals surface area contributed by atoms with Gasteiger partial charge in [0.1, 0.15) is 12.3 Å². The van der Waals surface area contributed by atoms with Gasteiger partial charge in [0, 0.05) is 6.54 Å². The Morgan fingerprint density at radius 3 is 2.72 bits per heavy atom. The fraction of sp³-hybridized carbons (Fsp3) is 0.556. The van der Waals surface area contributed by atoms with E-state index >= 15 is 0 Å². The third-order valence-corrected chi connectivity index (χ3v) is 5.88. The highest BCUT2D eigenvalue weighted by atomic mass is 32.2. The number of aldehydes is 1. The number of likely N-dealkylation sites (tertiary alicyclic amines) is 1. The minimum Gasteiger partial charge on any atom is -0.332 e. The second-order valence-electron chi connectivity index (χ2n) is 6.41. The van der Waals surface area contributed by atoms with Gasteiger partial charge in [0.15, 0.2) is 0 Å². The van der Waals surface area contributed by atoms with Crippen molar-refractivity contribution in [3.63, 3.8) is 0 Å². The van der Waals surface area contributed by atoms with Gasteiger partial charge in [0.2, 0.25) is 15.9 Å². The Labute approximate surface area is 149 Å². The molecule has 0 saturated carbocycles. The molecule has 1 saturated heterocycles. The Balaban J connectivity index is 2.19. The molecule has 1 amide bonds. The lowest BCUT2D eigenvalue weighted by Crippen LogP contribution is -2.51. The molecule has 0 unspecified atom stereocenters. The summed E-state index contributed by atoms with van der Waals surface area (Å²) in [6.07, 6.45) is 3.74. The van der Waals surface area contributed by atoms with Crippen molar-refractivity contribution < 1.29 is 18.0 Å². The summed E-state index contributed by atoms with van der Waals surface area (Å²) in [5.74, 6) is -0.322. The number of carbonyl (C=O) groups is 2. The van der Waals surface area contributed by atoms with E-state index in [2.05, 4.69) is 4.72 Å². The summed E-state index contributed by atoms with van der Waals surface area (Å²) in [5.41, 5.74) is 0.876. The van der Waals surface area contributed by atoms with Gasteiger partial charge >= 0.3 is 0 Å². The Bertz CT molecular complexity index is 676. The number of benzene rings is 1. The molecule has 0 radical (unpaired) electrons. The number of hydrogen-bond acceptors (Lipinski definition) is 4. The minimum atomic E-state index is -3.55. The third kappa shape index (κ3) is 5.64. The summed E-state index contributed by atoms with van der Waals surface area (Å²) in [7, 11) is -3.55. The molecule has 7 heteroatoms. The van der Waals surface area contributed by atoms with Crippen molar-refractivity contribution >= 4 is 22.2 Å². The summed E-state index contributed by atoms with van der Waals surface area (Å²) < 4.78 is 27.2. The zero-order valence-corrected chi connectivity index (χ0v) is 15.4. The molecule has 0 aromatic heterocycles. The summed E-state index contributed by atoms with van der Waals surface area (Å²) in [6, 6.07) is 7.97. The highest BCUT2D eigenvalue weighted by Crippen LogP contribution is 2.18. The van der Waals surface area contributed by atoms with Gasteiger partial charge in [-0.1, -0.05) is 43.7 Å². The zero-order valence-electron chi connectivity index (χ0n) is 14.6. The van der Waals surface area contributed by atoms with Crippen LogP contribution in [0.2, 0.25) is 0 Å². The molecule has 1 heterocycles. The van der Waals surface area contributed by atoms with Crippen LogP contribution in [0.4, 0.5) is 0 Å². The van der Waals surface area contributed by atoms with Gasteiger partial charge in [-0.3, -0.25) is 4.79 Å². The lowest BCUT2D eigenvalue weighted by atomic mass is 10.1. The van der Waals surface area contributed by atoms with Gasteiger partial charge in [-0.2, -0.15) is 0 Å². The van der Waals surface area contributed by atoms with Crippen molar-refractivity contribution in [3.05, 3.63) is 35.9 Å². The van der Waals surface area contributed by atoms with Gasteiger partial charge in [-0.05, 0) is 31.2 Å². The van der Waals surface area contributed by atoms with Crippen molar-refractivity contribution in [3.8, 4) is 0 Å². The van der Waals surface area contributed by atoms with E-state index in [4.69, 9.17) is 0 Å². The van der Waals surface area contributed by atoms with E-state index in [0.29, 0.717) is 19.4 Å². The monoisotopic (exact) mass is 366 g/mol. The highest BCUT2D eigenvalue weighted by molar-refractivity contribution is 7.89. The zero-order chi connectivity index (χ0) is 18.3. The van der Waals surface area contributed by atoms with E-state index < -0.39 is 22.1 Å². The molecular weight excluding hydrogens is 340 g/mol. The molecule has 0 bridgehead atoms. The number of nitrogens with one attached hydrogen (secondary N) is 1. The van der Waals surface area contributed by atoms with Gasteiger partial charge < -0.3 is 9.69 Å². The van der Waals surface area contributed by atoms with Crippen molar-refractivity contribution in [2.45, 2.75) is 51.1 Å². The average molecular weight is 366 g/mol. The molecule has 1 aromatic rings. The van der Waals surface area contributed by atoms with Gasteiger partial charge in [0.25, 0.3) is 0 Å². The molecule has 0 aliphatic carbocycles. The van der Waals surface area contributed by atoms with E-state index in [9.17, 15) is 18.0 Å². The number of sulfonamides is 1. The number of rotatable bonds is 9. The molecule has 2 rings (SSSR count). The molecule has 1 fully saturated rings. The Morgan fingerprint density at radius 2 is 2.08 bits per heavy atom. The quantitative estimate of drug-likeness (QED) is 0.672. The molecule has 25 heavy (non-hydrogen) atoms. The molecule has 138 valence electrons.